The van der Waals surface area contributed by atoms with Crippen molar-refractivity contribution < 1.29 is 0 Å². The van der Waals surface area contributed by atoms with Gasteiger partial charge in [0.15, 0.2) is 0 Å². The summed E-state index contributed by atoms with van der Waals surface area (Å²) in [5, 5.41) is 0. The lowest BCUT2D eigenvalue weighted by atomic mass is 10.1. The van der Waals surface area contributed by atoms with E-state index in [0.717, 1.165) is 68.6 Å². The Bertz CT molecular complexity index is 1470. The van der Waals surface area contributed by atoms with Gasteiger partial charge in [-0.25, -0.2) is 0 Å². The van der Waals surface area contributed by atoms with Crippen LogP contribution in [-0.2, 0) is 0 Å². The zero-order valence-electron chi connectivity index (χ0n) is 28.1. The maximum absolute atomic E-state index is 5.89. The Labute approximate surface area is 325 Å². The maximum Gasteiger partial charge on any atom is 0.0556 e. The maximum atomic E-state index is 5.89. The number of benzene rings is 4. The monoisotopic (exact) mass is 1010 g/mol. The molecular formula is C34H46Br6N6. The largest absolute Gasteiger partial charge is 0.399 e. The van der Waals surface area contributed by atoms with Crippen molar-refractivity contribution in [2.75, 3.05) is 60.9 Å². The van der Waals surface area contributed by atoms with Crippen molar-refractivity contribution in [1.29, 1.82) is 0 Å². The molecule has 254 valence electrons. The summed E-state index contributed by atoms with van der Waals surface area (Å²) in [6, 6.07) is 15.8. The number of rotatable bonds is 2. The van der Waals surface area contributed by atoms with Crippen molar-refractivity contribution in [2.24, 2.45) is 0 Å². The second kappa shape index (κ2) is 21.5. The van der Waals surface area contributed by atoms with E-state index in [1.807, 2.05) is 97.2 Å². The van der Waals surface area contributed by atoms with E-state index >= 15 is 0 Å². The number of nitrogen functional groups attached to an aromatic ring is 4. The molecule has 0 heterocycles. The average molecular weight is 1020 g/mol. The molecule has 4 aromatic carbocycles. The molecule has 0 aliphatic carbocycles. The highest BCUT2D eigenvalue weighted by Crippen LogP contribution is 2.37. The van der Waals surface area contributed by atoms with Crippen molar-refractivity contribution >= 4 is 126 Å². The number of hydrogen-bond donors (Lipinski definition) is 4. The molecule has 0 unspecified atom stereocenters. The van der Waals surface area contributed by atoms with Gasteiger partial charge in [0.1, 0.15) is 0 Å². The van der Waals surface area contributed by atoms with Crippen LogP contribution in [0.5, 0.6) is 0 Å². The first-order valence-electron chi connectivity index (χ1n) is 13.9. The number of nitrogens with two attached hydrogens (primary N) is 4. The van der Waals surface area contributed by atoms with Gasteiger partial charge >= 0.3 is 0 Å². The van der Waals surface area contributed by atoms with Crippen molar-refractivity contribution in [3.05, 3.63) is 99.8 Å². The second-order valence-electron chi connectivity index (χ2n) is 10.8. The van der Waals surface area contributed by atoms with Gasteiger partial charge < -0.3 is 32.7 Å². The summed E-state index contributed by atoms with van der Waals surface area (Å²) in [4.78, 5) is 4.11. The minimum atomic E-state index is 0.798. The summed E-state index contributed by atoms with van der Waals surface area (Å²) in [7, 11) is 8.03. The molecule has 0 aliphatic rings. The fourth-order valence-corrected chi connectivity index (χ4v) is 6.60. The van der Waals surface area contributed by atoms with Crippen LogP contribution in [0.15, 0.2) is 66.4 Å². The molecule has 4 rings (SSSR count). The highest BCUT2D eigenvalue weighted by atomic mass is 80.9. The summed E-state index contributed by atoms with van der Waals surface area (Å²) >= 11 is 19.2. The van der Waals surface area contributed by atoms with Gasteiger partial charge in [-0.3, -0.25) is 0 Å². The van der Waals surface area contributed by atoms with Crippen molar-refractivity contribution in [1.82, 2.24) is 0 Å². The number of halogens is 6. The van der Waals surface area contributed by atoms with Crippen molar-refractivity contribution in [2.45, 2.75) is 41.5 Å². The van der Waals surface area contributed by atoms with Gasteiger partial charge in [0.05, 0.1) is 11.4 Å². The summed E-state index contributed by atoms with van der Waals surface area (Å²) in [6.45, 7) is 12.2. The quantitative estimate of drug-likeness (QED) is 0.149. The van der Waals surface area contributed by atoms with Crippen molar-refractivity contribution in [3.8, 4) is 0 Å². The van der Waals surface area contributed by atoms with Gasteiger partial charge in [0, 0.05) is 97.1 Å². The first-order valence-corrected chi connectivity index (χ1v) is 20.8. The average Bonchev–Trinajstić information content (AvgIpc) is 3.01. The lowest BCUT2D eigenvalue weighted by molar-refractivity contribution is 1.11. The first kappa shape index (κ1) is 44.6. The molecule has 8 N–H and O–H groups in total. The highest BCUT2D eigenvalue weighted by molar-refractivity contribution is 9.93. The van der Waals surface area contributed by atoms with Gasteiger partial charge in [0.2, 0.25) is 0 Å². The van der Waals surface area contributed by atoms with Gasteiger partial charge in [-0.05, 0) is 159 Å². The predicted molar refractivity (Wildman–Crippen MR) is 229 cm³/mol. The van der Waals surface area contributed by atoms with E-state index in [1.54, 1.807) is 0 Å². The number of aryl methyl sites for hydroxylation is 1. The van der Waals surface area contributed by atoms with Crippen LogP contribution in [-0.4, -0.2) is 28.2 Å². The lowest BCUT2D eigenvalue weighted by Crippen LogP contribution is -2.12. The van der Waals surface area contributed by atoms with Gasteiger partial charge in [-0.1, -0.05) is 28.1 Å². The van der Waals surface area contributed by atoms with Crippen LogP contribution < -0.4 is 32.7 Å². The Morgan fingerprint density at radius 3 is 1.43 bits per heavy atom. The fraction of sp³-hybridized carbons (Fsp3) is 0.294. The summed E-state index contributed by atoms with van der Waals surface area (Å²) in [5.41, 5.74) is 35.7. The van der Waals surface area contributed by atoms with Crippen LogP contribution in [0.4, 0.5) is 34.1 Å². The molecule has 0 radical (unpaired) electrons. The Morgan fingerprint density at radius 2 is 0.978 bits per heavy atom. The molecule has 12 heteroatoms. The van der Waals surface area contributed by atoms with E-state index in [4.69, 9.17) is 22.9 Å². The van der Waals surface area contributed by atoms with E-state index in [9.17, 15) is 0 Å². The summed E-state index contributed by atoms with van der Waals surface area (Å²) in [6.07, 6.45) is 0. The lowest BCUT2D eigenvalue weighted by Gasteiger charge is -2.19. The summed E-state index contributed by atoms with van der Waals surface area (Å²) in [5.74, 6) is 0. The second-order valence-corrected chi connectivity index (χ2v) is 14.2. The van der Waals surface area contributed by atoms with Crippen LogP contribution in [0.3, 0.4) is 0 Å². The number of hydrogen-bond acceptors (Lipinski definition) is 6. The van der Waals surface area contributed by atoms with Crippen molar-refractivity contribution in [3.63, 3.8) is 0 Å². The standard InChI is InChI=1S/C9H12Br2N2.C9H14N2.2C8H10BrN.Br2/c1-5-8(12)6(10)4-7(11)9(5)13(2)3;1-7-8(10)5-4-6-9(7)11(2)3;1-5-6(2)8(10)4-3-7(5)9;1-5-3-4-7(9)8(10)6(5)2;1-2/h4H,12H2,1-3H3;4-6H,10H2,1-3H3;2*3-4H,10H2,1-2H3;. The molecule has 4 aromatic rings. The molecule has 0 fully saturated rings. The van der Waals surface area contributed by atoms with Gasteiger partial charge in [-0.15, -0.1) is 0 Å². The first-order chi connectivity index (χ1) is 21.3. The Morgan fingerprint density at radius 1 is 0.478 bits per heavy atom. The fourth-order valence-electron chi connectivity index (χ4n) is 4.03. The number of nitrogens with zero attached hydrogens (tertiary/aromatic N) is 2. The molecule has 0 amide bonds. The number of anilines is 6. The van der Waals surface area contributed by atoms with Crippen LogP contribution in [0, 0.1) is 41.5 Å². The van der Waals surface area contributed by atoms with E-state index in [2.05, 4.69) is 123 Å². The topological polar surface area (TPSA) is 111 Å². The van der Waals surface area contributed by atoms with Gasteiger partial charge in [0.25, 0.3) is 0 Å². The van der Waals surface area contributed by atoms with Gasteiger partial charge in [-0.2, -0.15) is 0 Å². The SMILES string of the molecule is BrBr.Cc1c(N)c(Br)cc(Br)c1N(C)C.Cc1c(N)ccc(Br)c1C.Cc1c(N)cccc1N(C)C.Cc1ccc(Br)c(N)c1C. The molecule has 46 heavy (non-hydrogen) atoms. The molecule has 0 saturated carbocycles. The zero-order valence-corrected chi connectivity index (χ0v) is 37.6. The minimum Gasteiger partial charge on any atom is -0.399 e. The Kier molecular flexibility index (Phi) is 20.8. The molecule has 0 spiro atoms. The Balaban J connectivity index is 0.000000579. The molecule has 0 aromatic heterocycles. The van der Waals surface area contributed by atoms with Crippen LogP contribution in [0.25, 0.3) is 0 Å². The zero-order chi connectivity index (χ0) is 36.0. The molecule has 0 aliphatic heterocycles. The predicted octanol–water partition coefficient (Wildman–Crippen LogP) is 11.8. The molecular weight excluding hydrogens is 972 g/mol. The van der Waals surface area contributed by atoms with Crippen LogP contribution in [0.2, 0.25) is 0 Å². The third kappa shape index (κ3) is 13.2. The molecule has 0 saturated heterocycles. The Hall–Kier alpha value is -1.44. The van der Waals surface area contributed by atoms with E-state index in [1.165, 1.54) is 16.8 Å². The normalized spacial score (nSPS) is 9.65. The summed E-state index contributed by atoms with van der Waals surface area (Å²) < 4.78 is 4.09. The molecule has 6 nitrogen and oxygen atoms in total. The van der Waals surface area contributed by atoms with Crippen LogP contribution in [0.1, 0.15) is 33.4 Å². The molecule has 0 bridgehead atoms. The minimum absolute atomic E-state index is 0.798. The highest BCUT2D eigenvalue weighted by Gasteiger charge is 2.11. The van der Waals surface area contributed by atoms with Crippen LogP contribution >= 0.6 is 92.0 Å². The van der Waals surface area contributed by atoms with E-state index in [0.29, 0.717) is 0 Å². The smallest absolute Gasteiger partial charge is 0.0556 e. The van der Waals surface area contributed by atoms with E-state index < -0.39 is 0 Å². The third-order valence-corrected chi connectivity index (χ3v) is 10.1. The van der Waals surface area contributed by atoms with E-state index in [-0.39, 0.29) is 0 Å². The molecule has 0 atom stereocenters. The third-order valence-electron chi connectivity index (χ3n) is 7.27.